The Hall–Kier alpha value is -1.36. The van der Waals surface area contributed by atoms with Crippen molar-refractivity contribution in [2.75, 3.05) is 0 Å². The minimum absolute atomic E-state index is 0.0258. The molecule has 1 aromatic heterocycles. The first-order valence-corrected chi connectivity index (χ1v) is 6.14. The zero-order chi connectivity index (χ0) is 11.8. The van der Waals surface area contributed by atoms with Crippen molar-refractivity contribution in [1.29, 1.82) is 0 Å². The molecule has 0 aliphatic carbocycles. The first kappa shape index (κ1) is 12.7. The standard InChI is InChI=1S/C11H16N2O2S/c12-10(14)5-1-2-6-11(15)13-8-9-4-3-7-16-9/h3-4,7H,1-2,5-6,8H2,(H2,12,14)(H,13,15). The van der Waals surface area contributed by atoms with E-state index in [0.717, 1.165) is 4.88 Å². The highest BCUT2D eigenvalue weighted by Gasteiger charge is 2.02. The quantitative estimate of drug-likeness (QED) is 0.707. The van der Waals surface area contributed by atoms with Crippen molar-refractivity contribution in [2.24, 2.45) is 5.73 Å². The summed E-state index contributed by atoms with van der Waals surface area (Å²) in [5.41, 5.74) is 4.99. The Labute approximate surface area is 98.8 Å². The van der Waals surface area contributed by atoms with Gasteiger partial charge in [0.2, 0.25) is 11.8 Å². The molecule has 0 saturated heterocycles. The molecule has 4 nitrogen and oxygen atoms in total. The van der Waals surface area contributed by atoms with E-state index in [4.69, 9.17) is 5.73 Å². The second kappa shape index (κ2) is 7.00. The number of unbranched alkanes of at least 4 members (excludes halogenated alkanes) is 1. The summed E-state index contributed by atoms with van der Waals surface area (Å²) < 4.78 is 0. The fraction of sp³-hybridized carbons (Fsp3) is 0.455. The summed E-state index contributed by atoms with van der Waals surface area (Å²) in [4.78, 5) is 23.0. The zero-order valence-corrected chi connectivity index (χ0v) is 9.89. The van der Waals surface area contributed by atoms with E-state index in [1.165, 1.54) is 0 Å². The Kier molecular flexibility index (Phi) is 5.56. The topological polar surface area (TPSA) is 72.2 Å². The van der Waals surface area contributed by atoms with Crippen molar-refractivity contribution in [1.82, 2.24) is 5.32 Å². The van der Waals surface area contributed by atoms with E-state index in [0.29, 0.717) is 32.2 Å². The third-order valence-electron chi connectivity index (χ3n) is 2.12. The van der Waals surface area contributed by atoms with Gasteiger partial charge in [-0.05, 0) is 24.3 Å². The molecular weight excluding hydrogens is 224 g/mol. The molecule has 3 N–H and O–H groups in total. The SMILES string of the molecule is NC(=O)CCCCC(=O)NCc1cccs1. The smallest absolute Gasteiger partial charge is 0.220 e. The van der Waals surface area contributed by atoms with Gasteiger partial charge in [-0.1, -0.05) is 6.07 Å². The summed E-state index contributed by atoms with van der Waals surface area (Å²) >= 11 is 1.62. The second-order valence-corrected chi connectivity index (χ2v) is 4.56. The van der Waals surface area contributed by atoms with E-state index < -0.39 is 0 Å². The number of amides is 2. The van der Waals surface area contributed by atoms with Gasteiger partial charge in [0.05, 0.1) is 6.54 Å². The first-order chi connectivity index (χ1) is 7.68. The molecule has 0 aromatic carbocycles. The Morgan fingerprint density at radius 3 is 2.69 bits per heavy atom. The fourth-order valence-corrected chi connectivity index (χ4v) is 1.92. The fourth-order valence-electron chi connectivity index (χ4n) is 1.27. The van der Waals surface area contributed by atoms with Gasteiger partial charge in [0.1, 0.15) is 0 Å². The van der Waals surface area contributed by atoms with Gasteiger partial charge in [0, 0.05) is 17.7 Å². The van der Waals surface area contributed by atoms with E-state index in [1.807, 2.05) is 17.5 Å². The molecule has 0 unspecified atom stereocenters. The van der Waals surface area contributed by atoms with Gasteiger partial charge in [-0.15, -0.1) is 11.3 Å². The Morgan fingerprint density at radius 2 is 2.06 bits per heavy atom. The summed E-state index contributed by atoms with van der Waals surface area (Å²) in [5, 5.41) is 4.81. The van der Waals surface area contributed by atoms with Crippen molar-refractivity contribution in [3.05, 3.63) is 22.4 Å². The molecule has 0 bridgehead atoms. The van der Waals surface area contributed by atoms with Crippen LogP contribution in [0.5, 0.6) is 0 Å². The van der Waals surface area contributed by atoms with Crippen LogP contribution in [0.25, 0.3) is 0 Å². The van der Waals surface area contributed by atoms with Gasteiger partial charge < -0.3 is 11.1 Å². The van der Waals surface area contributed by atoms with Crippen LogP contribution in [0, 0.1) is 0 Å². The molecule has 0 aliphatic heterocycles. The van der Waals surface area contributed by atoms with Crippen molar-refractivity contribution >= 4 is 23.2 Å². The van der Waals surface area contributed by atoms with Crippen LogP contribution in [0.3, 0.4) is 0 Å². The number of hydrogen-bond acceptors (Lipinski definition) is 3. The normalized spacial score (nSPS) is 10.0. The molecule has 1 heterocycles. The first-order valence-electron chi connectivity index (χ1n) is 5.26. The lowest BCUT2D eigenvalue weighted by Gasteiger charge is -2.02. The molecule has 1 aromatic rings. The largest absolute Gasteiger partial charge is 0.370 e. The minimum atomic E-state index is -0.306. The van der Waals surface area contributed by atoms with Gasteiger partial charge in [-0.25, -0.2) is 0 Å². The molecule has 2 amide bonds. The van der Waals surface area contributed by atoms with Crippen molar-refractivity contribution in [2.45, 2.75) is 32.2 Å². The predicted molar refractivity (Wildman–Crippen MR) is 63.8 cm³/mol. The number of nitrogens with one attached hydrogen (secondary N) is 1. The number of carbonyl (C=O) groups excluding carboxylic acids is 2. The number of rotatable bonds is 7. The average Bonchev–Trinajstić information content (AvgIpc) is 2.74. The number of hydrogen-bond donors (Lipinski definition) is 2. The molecule has 88 valence electrons. The number of carbonyl (C=O) groups is 2. The van der Waals surface area contributed by atoms with E-state index >= 15 is 0 Å². The van der Waals surface area contributed by atoms with Crippen LogP contribution >= 0.6 is 11.3 Å². The van der Waals surface area contributed by atoms with Crippen LogP contribution < -0.4 is 11.1 Å². The maximum atomic E-state index is 11.4. The van der Waals surface area contributed by atoms with Crippen LogP contribution in [0.2, 0.25) is 0 Å². The third-order valence-corrected chi connectivity index (χ3v) is 2.99. The van der Waals surface area contributed by atoms with E-state index in [9.17, 15) is 9.59 Å². The van der Waals surface area contributed by atoms with E-state index in [1.54, 1.807) is 11.3 Å². The molecule has 5 heteroatoms. The summed E-state index contributed by atoms with van der Waals surface area (Å²) in [6.07, 6.45) is 2.21. The van der Waals surface area contributed by atoms with Gasteiger partial charge in [-0.2, -0.15) is 0 Å². The predicted octanol–water partition coefficient (Wildman–Crippen LogP) is 1.41. The maximum Gasteiger partial charge on any atom is 0.220 e. The molecule has 16 heavy (non-hydrogen) atoms. The molecule has 0 spiro atoms. The van der Waals surface area contributed by atoms with Crippen LogP contribution in [0.1, 0.15) is 30.6 Å². The molecule has 0 saturated carbocycles. The highest BCUT2D eigenvalue weighted by Crippen LogP contribution is 2.07. The van der Waals surface area contributed by atoms with Crippen LogP contribution in [-0.2, 0) is 16.1 Å². The van der Waals surface area contributed by atoms with Crippen molar-refractivity contribution in [3.63, 3.8) is 0 Å². The van der Waals surface area contributed by atoms with E-state index in [2.05, 4.69) is 5.32 Å². The summed E-state index contributed by atoms with van der Waals surface area (Å²) in [6, 6.07) is 3.94. The third kappa shape index (κ3) is 5.50. The highest BCUT2D eigenvalue weighted by molar-refractivity contribution is 7.09. The molecule has 1 rings (SSSR count). The maximum absolute atomic E-state index is 11.4. The van der Waals surface area contributed by atoms with Crippen molar-refractivity contribution in [3.8, 4) is 0 Å². The summed E-state index contributed by atoms with van der Waals surface area (Å²) in [7, 11) is 0. The van der Waals surface area contributed by atoms with Gasteiger partial charge >= 0.3 is 0 Å². The molecule has 0 fully saturated rings. The molecule has 0 atom stereocenters. The Morgan fingerprint density at radius 1 is 1.31 bits per heavy atom. The molecular formula is C11H16N2O2S. The molecule has 0 aliphatic rings. The van der Waals surface area contributed by atoms with Crippen LogP contribution in [0.4, 0.5) is 0 Å². The average molecular weight is 240 g/mol. The molecule has 0 radical (unpaired) electrons. The number of thiophene rings is 1. The second-order valence-electron chi connectivity index (χ2n) is 3.53. The summed E-state index contributed by atoms with van der Waals surface area (Å²) in [6.45, 7) is 0.590. The Bertz CT molecular complexity index is 336. The van der Waals surface area contributed by atoms with Crippen LogP contribution in [0.15, 0.2) is 17.5 Å². The number of nitrogens with two attached hydrogens (primary N) is 1. The van der Waals surface area contributed by atoms with Crippen LogP contribution in [-0.4, -0.2) is 11.8 Å². The lowest BCUT2D eigenvalue weighted by atomic mass is 10.2. The van der Waals surface area contributed by atoms with Gasteiger partial charge in [-0.3, -0.25) is 9.59 Å². The minimum Gasteiger partial charge on any atom is -0.370 e. The lowest BCUT2D eigenvalue weighted by Crippen LogP contribution is -2.22. The van der Waals surface area contributed by atoms with Gasteiger partial charge in [0.25, 0.3) is 0 Å². The highest BCUT2D eigenvalue weighted by atomic mass is 32.1. The summed E-state index contributed by atoms with van der Waals surface area (Å²) in [5.74, 6) is -0.281. The zero-order valence-electron chi connectivity index (χ0n) is 9.07. The Balaban J connectivity index is 2.05. The van der Waals surface area contributed by atoms with E-state index in [-0.39, 0.29) is 11.8 Å². The monoisotopic (exact) mass is 240 g/mol. The van der Waals surface area contributed by atoms with Gasteiger partial charge in [0.15, 0.2) is 0 Å². The van der Waals surface area contributed by atoms with Crippen molar-refractivity contribution < 1.29 is 9.59 Å². The lowest BCUT2D eigenvalue weighted by molar-refractivity contribution is -0.122. The number of primary amides is 1.